The van der Waals surface area contributed by atoms with Gasteiger partial charge in [0.2, 0.25) is 11.8 Å². The minimum Gasteiger partial charge on any atom is -0.347 e. The maximum Gasteiger partial charge on any atom is 0.241 e. The Morgan fingerprint density at radius 2 is 2.10 bits per heavy atom. The molecule has 20 heavy (non-hydrogen) atoms. The number of carbonyl (C=O) groups is 2. The van der Waals surface area contributed by atoms with Crippen molar-refractivity contribution in [1.29, 1.82) is 0 Å². The van der Waals surface area contributed by atoms with Gasteiger partial charge < -0.3 is 10.2 Å². The van der Waals surface area contributed by atoms with Gasteiger partial charge in [0.15, 0.2) is 0 Å². The van der Waals surface area contributed by atoms with Gasteiger partial charge in [-0.15, -0.1) is 22.9 Å². The zero-order valence-corrected chi connectivity index (χ0v) is 12.8. The predicted molar refractivity (Wildman–Crippen MR) is 78.8 cm³/mol. The van der Waals surface area contributed by atoms with Gasteiger partial charge in [0.05, 0.1) is 24.5 Å². The minimum absolute atomic E-state index is 0.00126. The number of halogens is 1. The van der Waals surface area contributed by atoms with Gasteiger partial charge in [-0.1, -0.05) is 0 Å². The Balaban J connectivity index is 1.72. The molecule has 1 aromatic heterocycles. The summed E-state index contributed by atoms with van der Waals surface area (Å²) in [5.74, 6) is 0.176. The van der Waals surface area contributed by atoms with Gasteiger partial charge in [-0.25, -0.2) is 4.98 Å². The molecule has 1 aliphatic heterocycles. The highest BCUT2D eigenvalue weighted by molar-refractivity contribution is 7.09. The minimum atomic E-state index is -0.175. The van der Waals surface area contributed by atoms with Gasteiger partial charge in [-0.05, 0) is 19.3 Å². The summed E-state index contributed by atoms with van der Waals surface area (Å²) < 4.78 is 0. The Kier molecular flexibility index (Phi) is 5.79. The van der Waals surface area contributed by atoms with Crippen molar-refractivity contribution in [2.75, 3.05) is 19.6 Å². The second kappa shape index (κ2) is 7.59. The summed E-state index contributed by atoms with van der Waals surface area (Å²) in [6.45, 7) is 1.69. The lowest BCUT2D eigenvalue weighted by Gasteiger charge is -2.26. The maximum atomic E-state index is 11.9. The first-order chi connectivity index (χ1) is 9.69. The van der Waals surface area contributed by atoms with E-state index in [4.69, 9.17) is 11.6 Å². The number of nitrogens with one attached hydrogen (secondary N) is 1. The molecule has 110 valence electrons. The van der Waals surface area contributed by atoms with E-state index >= 15 is 0 Å². The molecule has 1 N–H and O–H groups in total. The molecule has 0 unspecified atom stereocenters. The Hall–Kier alpha value is -1.14. The fourth-order valence-electron chi connectivity index (χ4n) is 2.12. The molecule has 7 heteroatoms. The number of likely N-dealkylation sites (tertiary alicyclic amines) is 1. The van der Waals surface area contributed by atoms with E-state index < -0.39 is 0 Å². The largest absolute Gasteiger partial charge is 0.347 e. The predicted octanol–water partition coefficient (Wildman–Crippen LogP) is 1.55. The zero-order valence-electron chi connectivity index (χ0n) is 11.2. The number of aromatic nitrogens is 1. The highest BCUT2D eigenvalue weighted by Crippen LogP contribution is 2.12. The molecule has 1 fully saturated rings. The third kappa shape index (κ3) is 4.45. The lowest BCUT2D eigenvalue weighted by atomic mass is 10.1. The molecule has 0 atom stereocenters. The highest BCUT2D eigenvalue weighted by Gasteiger charge is 2.17. The molecule has 1 saturated heterocycles. The second-order valence-electron chi connectivity index (χ2n) is 4.76. The van der Waals surface area contributed by atoms with Gasteiger partial charge in [-0.3, -0.25) is 9.59 Å². The smallest absolute Gasteiger partial charge is 0.241 e. The Morgan fingerprint density at radius 1 is 1.35 bits per heavy atom. The number of nitrogens with zero attached hydrogens (tertiary/aromatic N) is 2. The van der Waals surface area contributed by atoms with Crippen LogP contribution in [0.4, 0.5) is 0 Å². The third-order valence-electron chi connectivity index (χ3n) is 3.19. The monoisotopic (exact) mass is 315 g/mol. The number of piperidine rings is 1. The van der Waals surface area contributed by atoms with E-state index in [2.05, 4.69) is 10.3 Å². The van der Waals surface area contributed by atoms with Crippen LogP contribution in [0, 0.1) is 0 Å². The van der Waals surface area contributed by atoms with Gasteiger partial charge in [0.25, 0.3) is 0 Å². The summed E-state index contributed by atoms with van der Waals surface area (Å²) in [5, 5.41) is 5.23. The Bertz CT molecular complexity index is 472. The van der Waals surface area contributed by atoms with Crippen molar-refractivity contribution in [2.24, 2.45) is 0 Å². The lowest BCUT2D eigenvalue weighted by Crippen LogP contribution is -2.42. The number of alkyl halides is 1. The van der Waals surface area contributed by atoms with Gasteiger partial charge in [0, 0.05) is 18.5 Å². The van der Waals surface area contributed by atoms with Crippen molar-refractivity contribution in [3.05, 3.63) is 16.1 Å². The van der Waals surface area contributed by atoms with Crippen LogP contribution in [-0.4, -0.2) is 41.3 Å². The molecule has 1 aromatic rings. The van der Waals surface area contributed by atoms with Crippen molar-refractivity contribution in [1.82, 2.24) is 15.2 Å². The maximum absolute atomic E-state index is 11.9. The van der Waals surface area contributed by atoms with Gasteiger partial charge in [-0.2, -0.15) is 0 Å². The number of hydrogen-bond donors (Lipinski definition) is 1. The van der Waals surface area contributed by atoms with E-state index in [1.165, 1.54) is 17.8 Å². The first-order valence-corrected chi connectivity index (χ1v) is 8.14. The molecule has 5 nitrogen and oxygen atoms in total. The first-order valence-electron chi connectivity index (χ1n) is 6.73. The van der Waals surface area contributed by atoms with Gasteiger partial charge >= 0.3 is 0 Å². The summed E-state index contributed by atoms with van der Waals surface area (Å²) in [4.78, 5) is 29.7. The van der Waals surface area contributed by atoms with E-state index in [0.29, 0.717) is 5.88 Å². The molecular weight excluding hydrogens is 298 g/mol. The molecule has 0 aliphatic carbocycles. The van der Waals surface area contributed by atoms with E-state index in [0.717, 1.165) is 36.6 Å². The van der Waals surface area contributed by atoms with Crippen molar-refractivity contribution < 1.29 is 9.59 Å². The molecule has 0 bridgehead atoms. The topological polar surface area (TPSA) is 62.3 Å². The fourth-order valence-corrected chi connectivity index (χ4v) is 3.14. The van der Waals surface area contributed by atoms with Crippen LogP contribution in [0.5, 0.6) is 0 Å². The van der Waals surface area contributed by atoms with Crippen molar-refractivity contribution in [3.8, 4) is 0 Å². The van der Waals surface area contributed by atoms with Crippen LogP contribution in [0.25, 0.3) is 0 Å². The fraction of sp³-hybridized carbons (Fsp3) is 0.615. The average molecular weight is 316 g/mol. The molecule has 0 radical (unpaired) electrons. The summed E-state index contributed by atoms with van der Waals surface area (Å²) in [7, 11) is 0. The molecule has 2 rings (SSSR count). The van der Waals surface area contributed by atoms with Crippen LogP contribution in [0.2, 0.25) is 0 Å². The molecule has 1 aliphatic rings. The van der Waals surface area contributed by atoms with Crippen LogP contribution < -0.4 is 5.32 Å². The van der Waals surface area contributed by atoms with E-state index in [1.54, 1.807) is 0 Å². The number of amides is 2. The van der Waals surface area contributed by atoms with Crippen LogP contribution in [-0.2, 0) is 21.9 Å². The molecule has 0 saturated carbocycles. The van der Waals surface area contributed by atoms with Crippen molar-refractivity contribution >= 4 is 34.8 Å². The third-order valence-corrected chi connectivity index (χ3v) is 4.37. The molecule has 2 amide bonds. The standard InChI is InChI=1S/C13H18ClN3O2S/c14-7-10-9-20-12(16-10)6-11(18)15-8-13(19)17-4-2-1-3-5-17/h9H,1-8H2,(H,15,18). The quantitative estimate of drug-likeness (QED) is 0.839. The van der Waals surface area contributed by atoms with Crippen LogP contribution in [0.1, 0.15) is 30.0 Å². The SMILES string of the molecule is O=C(Cc1nc(CCl)cs1)NCC(=O)N1CCCCC1. The first kappa shape index (κ1) is 15.3. The molecule has 0 aromatic carbocycles. The number of carbonyl (C=O) groups excluding carboxylic acids is 2. The van der Waals surface area contributed by atoms with Crippen molar-refractivity contribution in [3.63, 3.8) is 0 Å². The van der Waals surface area contributed by atoms with Gasteiger partial charge in [0.1, 0.15) is 5.01 Å². The second-order valence-corrected chi connectivity index (χ2v) is 5.97. The summed E-state index contributed by atoms with van der Waals surface area (Å²) in [6, 6.07) is 0. The van der Waals surface area contributed by atoms with E-state index in [-0.39, 0.29) is 24.8 Å². The van der Waals surface area contributed by atoms with Crippen LogP contribution in [0.3, 0.4) is 0 Å². The zero-order chi connectivity index (χ0) is 14.4. The molecule has 2 heterocycles. The number of rotatable bonds is 5. The Labute approximate surface area is 127 Å². The Morgan fingerprint density at radius 3 is 2.75 bits per heavy atom. The number of thiazole rings is 1. The highest BCUT2D eigenvalue weighted by atomic mass is 35.5. The normalized spacial score (nSPS) is 15.2. The molecular formula is C13H18ClN3O2S. The van der Waals surface area contributed by atoms with Crippen molar-refractivity contribution in [2.45, 2.75) is 31.6 Å². The van der Waals surface area contributed by atoms with E-state index in [9.17, 15) is 9.59 Å². The summed E-state index contributed by atoms with van der Waals surface area (Å²) in [6.07, 6.45) is 3.50. The number of hydrogen-bond acceptors (Lipinski definition) is 4. The molecule has 0 spiro atoms. The van der Waals surface area contributed by atoms with Crippen LogP contribution in [0.15, 0.2) is 5.38 Å². The lowest BCUT2D eigenvalue weighted by molar-refractivity contribution is -0.133. The van der Waals surface area contributed by atoms with E-state index in [1.807, 2.05) is 10.3 Å². The summed E-state index contributed by atoms with van der Waals surface area (Å²) in [5.41, 5.74) is 0.781. The van der Waals surface area contributed by atoms with Crippen LogP contribution >= 0.6 is 22.9 Å². The summed E-state index contributed by atoms with van der Waals surface area (Å²) >= 11 is 7.07. The average Bonchev–Trinajstić information content (AvgIpc) is 2.93.